The number of nitrogens with one attached hydrogen (secondary N) is 1. The fourth-order valence-electron chi connectivity index (χ4n) is 1.62. The van der Waals surface area contributed by atoms with Crippen molar-refractivity contribution >= 4 is 5.97 Å². The predicted molar refractivity (Wildman–Crippen MR) is 75.4 cm³/mol. The molecule has 1 unspecified atom stereocenters. The van der Waals surface area contributed by atoms with Gasteiger partial charge in [0.25, 0.3) is 0 Å². The van der Waals surface area contributed by atoms with Crippen LogP contribution in [0.2, 0.25) is 0 Å². The van der Waals surface area contributed by atoms with Crippen molar-refractivity contribution in [2.75, 3.05) is 13.7 Å². The predicted octanol–water partition coefficient (Wildman–Crippen LogP) is 2.17. The lowest BCUT2D eigenvalue weighted by atomic mass is 10.1. The van der Waals surface area contributed by atoms with Crippen molar-refractivity contribution in [2.45, 2.75) is 39.3 Å². The fourth-order valence-corrected chi connectivity index (χ4v) is 1.62. The Kier molecular flexibility index (Phi) is 6.36. The van der Waals surface area contributed by atoms with E-state index < -0.39 is 0 Å². The summed E-state index contributed by atoms with van der Waals surface area (Å²) in [5.41, 5.74) is 1.24. The van der Waals surface area contributed by atoms with Crippen LogP contribution in [-0.4, -0.2) is 31.8 Å². The van der Waals surface area contributed by atoms with Crippen molar-refractivity contribution in [3.8, 4) is 5.75 Å². The first kappa shape index (κ1) is 15.5. The Morgan fingerprint density at radius 2 is 1.84 bits per heavy atom. The number of benzene rings is 1. The highest BCUT2D eigenvalue weighted by molar-refractivity contribution is 5.71. The number of likely N-dealkylation sites (N-methyl/N-ethyl adjacent to an activating group) is 1. The summed E-state index contributed by atoms with van der Waals surface area (Å²) >= 11 is 0. The molecule has 0 heterocycles. The highest BCUT2D eigenvalue weighted by Crippen LogP contribution is 2.13. The summed E-state index contributed by atoms with van der Waals surface area (Å²) in [5, 5.41) is 3.19. The Morgan fingerprint density at radius 3 is 2.37 bits per heavy atom. The summed E-state index contributed by atoms with van der Waals surface area (Å²) in [6.07, 6.45) is 0.855. The molecule has 0 fully saturated rings. The summed E-state index contributed by atoms with van der Waals surface area (Å²) in [5.74, 6) is 0.337. The lowest BCUT2D eigenvalue weighted by molar-refractivity contribution is -0.149. The Labute approximate surface area is 115 Å². The van der Waals surface area contributed by atoms with Gasteiger partial charge >= 0.3 is 5.97 Å². The molecule has 0 radical (unpaired) electrons. The van der Waals surface area contributed by atoms with Crippen molar-refractivity contribution in [2.24, 2.45) is 0 Å². The van der Waals surface area contributed by atoms with Gasteiger partial charge in [0.2, 0.25) is 0 Å². The molecule has 19 heavy (non-hydrogen) atoms. The van der Waals surface area contributed by atoms with Gasteiger partial charge in [-0.3, -0.25) is 0 Å². The van der Waals surface area contributed by atoms with Gasteiger partial charge in [-0.1, -0.05) is 12.1 Å². The zero-order chi connectivity index (χ0) is 14.3. The van der Waals surface area contributed by atoms with Crippen molar-refractivity contribution < 1.29 is 14.3 Å². The van der Waals surface area contributed by atoms with Gasteiger partial charge in [0, 0.05) is 6.04 Å². The van der Waals surface area contributed by atoms with Gasteiger partial charge in [-0.15, -0.1) is 0 Å². The summed E-state index contributed by atoms with van der Waals surface area (Å²) < 4.78 is 10.4. The van der Waals surface area contributed by atoms with E-state index in [1.54, 1.807) is 0 Å². The summed E-state index contributed by atoms with van der Waals surface area (Å²) in [7, 11) is 1.95. The highest BCUT2D eigenvalue weighted by atomic mass is 16.6. The van der Waals surface area contributed by atoms with Gasteiger partial charge in [0.1, 0.15) is 5.75 Å². The van der Waals surface area contributed by atoms with Crippen LogP contribution in [0.4, 0.5) is 0 Å². The lowest BCUT2D eigenvalue weighted by Crippen LogP contribution is -2.23. The molecule has 4 heteroatoms. The smallest absolute Gasteiger partial charge is 0.344 e. The van der Waals surface area contributed by atoms with E-state index in [-0.39, 0.29) is 18.7 Å². The molecule has 0 aliphatic rings. The van der Waals surface area contributed by atoms with E-state index in [2.05, 4.69) is 12.2 Å². The number of esters is 1. The average Bonchev–Trinajstić information content (AvgIpc) is 2.37. The maximum absolute atomic E-state index is 11.3. The van der Waals surface area contributed by atoms with Crippen LogP contribution in [0, 0.1) is 0 Å². The minimum atomic E-state index is -0.345. The van der Waals surface area contributed by atoms with Crippen LogP contribution in [0.3, 0.4) is 0 Å². The van der Waals surface area contributed by atoms with Gasteiger partial charge in [-0.2, -0.15) is 0 Å². The van der Waals surface area contributed by atoms with E-state index in [1.165, 1.54) is 5.56 Å². The fraction of sp³-hybridized carbons (Fsp3) is 0.533. The number of hydrogen-bond donors (Lipinski definition) is 1. The van der Waals surface area contributed by atoms with Crippen molar-refractivity contribution in [3.63, 3.8) is 0 Å². The van der Waals surface area contributed by atoms with Crippen LogP contribution in [-0.2, 0) is 16.0 Å². The summed E-state index contributed by atoms with van der Waals surface area (Å²) in [6.45, 7) is 5.71. The molecule has 0 amide bonds. The molecule has 0 spiro atoms. The zero-order valence-corrected chi connectivity index (χ0v) is 12.1. The van der Waals surface area contributed by atoms with E-state index in [0.717, 1.165) is 6.42 Å². The maximum Gasteiger partial charge on any atom is 0.344 e. The van der Waals surface area contributed by atoms with E-state index >= 15 is 0 Å². The Hall–Kier alpha value is -1.55. The monoisotopic (exact) mass is 265 g/mol. The normalized spacial score (nSPS) is 12.3. The first-order valence-electron chi connectivity index (χ1n) is 6.59. The topological polar surface area (TPSA) is 47.6 Å². The molecule has 1 atom stereocenters. The van der Waals surface area contributed by atoms with E-state index in [9.17, 15) is 4.79 Å². The summed E-state index contributed by atoms with van der Waals surface area (Å²) in [4.78, 5) is 11.3. The maximum atomic E-state index is 11.3. The largest absolute Gasteiger partial charge is 0.482 e. The van der Waals surface area contributed by atoms with E-state index in [1.807, 2.05) is 45.2 Å². The van der Waals surface area contributed by atoms with Crippen LogP contribution in [0.5, 0.6) is 5.75 Å². The number of hydrogen-bond acceptors (Lipinski definition) is 4. The molecule has 1 aromatic rings. The molecule has 106 valence electrons. The van der Waals surface area contributed by atoms with Gasteiger partial charge in [0.05, 0.1) is 6.10 Å². The molecule has 0 aromatic heterocycles. The molecule has 0 saturated heterocycles. The van der Waals surface area contributed by atoms with Crippen molar-refractivity contribution in [3.05, 3.63) is 29.8 Å². The highest BCUT2D eigenvalue weighted by Gasteiger charge is 2.06. The van der Waals surface area contributed by atoms with Crippen LogP contribution in [0.15, 0.2) is 24.3 Å². The number of rotatable bonds is 7. The Bertz CT molecular complexity index is 387. The quantitative estimate of drug-likeness (QED) is 0.768. The number of carbonyl (C=O) groups is 1. The second kappa shape index (κ2) is 7.79. The van der Waals surface area contributed by atoms with Crippen molar-refractivity contribution in [1.29, 1.82) is 0 Å². The second-order valence-corrected chi connectivity index (χ2v) is 4.87. The molecule has 1 rings (SSSR count). The number of ether oxygens (including phenoxy) is 2. The third-order valence-corrected chi connectivity index (χ3v) is 2.68. The number of carbonyl (C=O) groups excluding carboxylic acids is 1. The molecule has 0 saturated carbocycles. The Morgan fingerprint density at radius 1 is 1.21 bits per heavy atom. The molecule has 0 aliphatic carbocycles. The minimum absolute atomic E-state index is 0.0511. The average molecular weight is 265 g/mol. The molecule has 1 N–H and O–H groups in total. The third-order valence-electron chi connectivity index (χ3n) is 2.68. The van der Waals surface area contributed by atoms with E-state index in [0.29, 0.717) is 11.8 Å². The molecule has 4 nitrogen and oxygen atoms in total. The van der Waals surface area contributed by atoms with E-state index in [4.69, 9.17) is 9.47 Å². The van der Waals surface area contributed by atoms with Crippen molar-refractivity contribution in [1.82, 2.24) is 5.32 Å². The molecule has 0 aliphatic heterocycles. The van der Waals surface area contributed by atoms with Gasteiger partial charge in [-0.25, -0.2) is 4.79 Å². The summed E-state index contributed by atoms with van der Waals surface area (Å²) in [6, 6.07) is 8.21. The van der Waals surface area contributed by atoms with Crippen LogP contribution >= 0.6 is 0 Å². The SMILES string of the molecule is CNC(C)Cc1ccc(OCC(=O)OC(C)C)cc1. The van der Waals surface area contributed by atoms with Crippen LogP contribution < -0.4 is 10.1 Å². The minimum Gasteiger partial charge on any atom is -0.482 e. The Balaban J connectivity index is 2.42. The molecular weight excluding hydrogens is 242 g/mol. The van der Waals surface area contributed by atoms with Crippen LogP contribution in [0.1, 0.15) is 26.3 Å². The zero-order valence-electron chi connectivity index (χ0n) is 12.1. The van der Waals surface area contributed by atoms with Gasteiger partial charge < -0.3 is 14.8 Å². The molecule has 0 bridgehead atoms. The molecular formula is C15H23NO3. The van der Waals surface area contributed by atoms with Gasteiger partial charge in [-0.05, 0) is 51.9 Å². The van der Waals surface area contributed by atoms with Gasteiger partial charge in [0.15, 0.2) is 6.61 Å². The van der Waals surface area contributed by atoms with Crippen LogP contribution in [0.25, 0.3) is 0 Å². The lowest BCUT2D eigenvalue weighted by Gasteiger charge is -2.11. The molecule has 1 aromatic carbocycles. The second-order valence-electron chi connectivity index (χ2n) is 4.87. The standard InChI is InChI=1S/C15H23NO3/c1-11(2)19-15(17)10-18-14-7-5-13(6-8-14)9-12(3)16-4/h5-8,11-12,16H,9-10H2,1-4H3. The first-order chi connectivity index (χ1) is 9.01. The first-order valence-corrected chi connectivity index (χ1v) is 6.59. The third kappa shape index (κ3) is 6.25.